The predicted octanol–water partition coefficient (Wildman–Crippen LogP) is 1.55. The van der Waals surface area contributed by atoms with E-state index in [1.165, 1.54) is 0 Å². The number of hydrogen-bond acceptors (Lipinski definition) is 5. The van der Waals surface area contributed by atoms with Gasteiger partial charge in [-0.3, -0.25) is 14.9 Å². The first-order valence-electron chi connectivity index (χ1n) is 5.48. The molecule has 1 aromatic carbocycles. The Morgan fingerprint density at radius 1 is 1.32 bits per heavy atom. The molecule has 1 saturated carbocycles. The Morgan fingerprint density at radius 2 is 1.89 bits per heavy atom. The Hall–Kier alpha value is -1.76. The summed E-state index contributed by atoms with van der Waals surface area (Å²) in [4.78, 5) is 33.3. The molecule has 0 N–H and O–H groups in total. The summed E-state index contributed by atoms with van der Waals surface area (Å²) in [5.41, 5.74) is 0.673. The summed E-state index contributed by atoms with van der Waals surface area (Å²) in [6.45, 7) is 0. The molecular weight excluding hydrogens is 318 g/mol. The molecule has 0 heterocycles. The summed E-state index contributed by atoms with van der Waals surface area (Å²) in [5, 5.41) is 10.9. The van der Waals surface area contributed by atoms with E-state index in [1.807, 2.05) is 0 Å². The van der Waals surface area contributed by atoms with Crippen molar-refractivity contribution < 1.29 is 19.2 Å². The van der Waals surface area contributed by atoms with E-state index in [-0.39, 0.29) is 0 Å². The molecule has 0 radical (unpaired) electrons. The molecule has 19 heavy (non-hydrogen) atoms. The normalized spacial score (nSPS) is 24.6. The van der Waals surface area contributed by atoms with Crippen LogP contribution in [0.5, 0.6) is 0 Å². The maximum Gasteiger partial charge on any atom is 0.374 e. The third kappa shape index (κ3) is 2.51. The Balaban J connectivity index is 2.25. The van der Waals surface area contributed by atoms with Gasteiger partial charge in [0.2, 0.25) is 6.04 Å². The number of nitrogens with zero attached hydrogens (tertiary/aromatic N) is 1. The van der Waals surface area contributed by atoms with Crippen molar-refractivity contribution in [1.29, 1.82) is 0 Å². The van der Waals surface area contributed by atoms with Crippen molar-refractivity contribution in [2.75, 3.05) is 7.11 Å². The second-order valence-corrected chi connectivity index (χ2v) is 5.15. The molecule has 100 valence electrons. The van der Waals surface area contributed by atoms with Crippen LogP contribution in [0.15, 0.2) is 28.7 Å². The molecule has 1 aromatic rings. The number of halogens is 1. The molecule has 0 saturated heterocycles. The fourth-order valence-electron chi connectivity index (χ4n) is 2.20. The average molecular weight is 328 g/mol. The number of ether oxygens (including phenoxy) is 1. The van der Waals surface area contributed by atoms with Gasteiger partial charge in [-0.25, -0.2) is 4.79 Å². The van der Waals surface area contributed by atoms with Crippen LogP contribution in [0.4, 0.5) is 0 Å². The third-order valence-corrected chi connectivity index (χ3v) is 3.70. The standard InChI is InChI=1S/C12H10BrNO5/c1-19-12(16)11(15)9-8(10(9)14(17)18)6-2-4-7(13)5-3-6/h2-5,8-10H,1H3/t8-,9+,10+/m0/s1. The Labute approximate surface area is 117 Å². The monoisotopic (exact) mass is 327 g/mol. The first-order chi connectivity index (χ1) is 8.97. The molecule has 0 spiro atoms. The van der Waals surface area contributed by atoms with Gasteiger partial charge in [-0.2, -0.15) is 0 Å². The lowest BCUT2D eigenvalue weighted by Gasteiger charge is -1.98. The highest BCUT2D eigenvalue weighted by molar-refractivity contribution is 9.10. The van der Waals surface area contributed by atoms with Gasteiger partial charge in [0.15, 0.2) is 0 Å². The van der Waals surface area contributed by atoms with Gasteiger partial charge >= 0.3 is 5.97 Å². The van der Waals surface area contributed by atoms with Gasteiger partial charge in [-0.05, 0) is 17.7 Å². The van der Waals surface area contributed by atoms with Gasteiger partial charge in [-0.1, -0.05) is 28.1 Å². The number of methoxy groups -OCH3 is 1. The quantitative estimate of drug-likeness (QED) is 0.362. The number of esters is 1. The van der Waals surface area contributed by atoms with Crippen molar-refractivity contribution in [1.82, 2.24) is 0 Å². The van der Waals surface area contributed by atoms with Crippen molar-refractivity contribution in [2.45, 2.75) is 12.0 Å². The minimum atomic E-state index is -1.05. The van der Waals surface area contributed by atoms with Gasteiger partial charge in [0.25, 0.3) is 5.78 Å². The molecule has 0 amide bonds. The maximum absolute atomic E-state index is 11.7. The van der Waals surface area contributed by atoms with Crippen LogP contribution in [-0.4, -0.2) is 29.8 Å². The van der Waals surface area contributed by atoms with Crippen molar-refractivity contribution in [3.05, 3.63) is 44.4 Å². The van der Waals surface area contributed by atoms with E-state index in [0.29, 0.717) is 5.56 Å². The number of hydrogen-bond donors (Lipinski definition) is 0. The Morgan fingerprint density at radius 3 is 2.37 bits per heavy atom. The van der Waals surface area contributed by atoms with Crippen LogP contribution in [0.25, 0.3) is 0 Å². The number of benzene rings is 1. The van der Waals surface area contributed by atoms with Crippen LogP contribution in [-0.2, 0) is 14.3 Å². The van der Waals surface area contributed by atoms with Crippen molar-refractivity contribution in [2.24, 2.45) is 5.92 Å². The molecule has 0 bridgehead atoms. The highest BCUT2D eigenvalue weighted by Gasteiger charge is 2.66. The largest absolute Gasteiger partial charge is 0.463 e. The van der Waals surface area contributed by atoms with Crippen molar-refractivity contribution in [3.8, 4) is 0 Å². The first-order valence-corrected chi connectivity index (χ1v) is 6.27. The number of nitro groups is 1. The van der Waals surface area contributed by atoms with Gasteiger partial charge in [0, 0.05) is 9.40 Å². The summed E-state index contributed by atoms with van der Waals surface area (Å²) in [6.07, 6.45) is 0. The smallest absolute Gasteiger partial charge is 0.374 e. The summed E-state index contributed by atoms with van der Waals surface area (Å²) in [6, 6.07) is 5.84. The highest BCUT2D eigenvalue weighted by Crippen LogP contribution is 2.50. The topological polar surface area (TPSA) is 86.5 Å². The number of ketones is 1. The van der Waals surface area contributed by atoms with Gasteiger partial charge in [0.05, 0.1) is 13.0 Å². The molecule has 0 aliphatic heterocycles. The number of carbonyl (C=O) groups excluding carboxylic acids is 2. The van der Waals surface area contributed by atoms with E-state index in [4.69, 9.17) is 0 Å². The summed E-state index contributed by atoms with van der Waals surface area (Å²) >= 11 is 3.26. The zero-order valence-electron chi connectivity index (χ0n) is 9.91. The van der Waals surface area contributed by atoms with E-state index < -0.39 is 34.6 Å². The zero-order valence-corrected chi connectivity index (χ0v) is 11.5. The van der Waals surface area contributed by atoms with Gasteiger partial charge in [-0.15, -0.1) is 0 Å². The minimum Gasteiger partial charge on any atom is -0.463 e. The average Bonchev–Trinajstić information content (AvgIpc) is 3.13. The lowest BCUT2D eigenvalue weighted by atomic mass is 10.1. The van der Waals surface area contributed by atoms with Gasteiger partial charge in [0.1, 0.15) is 5.92 Å². The van der Waals surface area contributed by atoms with Crippen LogP contribution < -0.4 is 0 Å². The highest BCUT2D eigenvalue weighted by atomic mass is 79.9. The fourth-order valence-corrected chi connectivity index (χ4v) is 2.47. The fraction of sp³-hybridized carbons (Fsp3) is 0.333. The molecular formula is C12H10BrNO5. The second-order valence-electron chi connectivity index (χ2n) is 4.23. The molecule has 7 heteroatoms. The molecule has 1 aliphatic carbocycles. The molecule has 1 aliphatic rings. The van der Waals surface area contributed by atoms with Crippen LogP contribution in [0, 0.1) is 16.0 Å². The molecule has 3 atom stereocenters. The third-order valence-electron chi connectivity index (χ3n) is 3.17. The second kappa shape index (κ2) is 5.08. The molecule has 0 aromatic heterocycles. The summed E-state index contributed by atoms with van der Waals surface area (Å²) in [7, 11) is 1.08. The number of carbonyl (C=O) groups is 2. The minimum absolute atomic E-state index is 0.516. The van der Waals surface area contributed by atoms with Crippen molar-refractivity contribution in [3.63, 3.8) is 0 Å². The predicted molar refractivity (Wildman–Crippen MR) is 68.2 cm³/mol. The summed E-state index contributed by atoms with van der Waals surface area (Å²) < 4.78 is 5.16. The van der Waals surface area contributed by atoms with E-state index in [2.05, 4.69) is 20.7 Å². The lowest BCUT2D eigenvalue weighted by molar-refractivity contribution is -0.498. The number of Topliss-reactive ketones (excluding diaryl/α,β-unsaturated/α-hetero) is 1. The molecule has 6 nitrogen and oxygen atoms in total. The zero-order chi connectivity index (χ0) is 14.2. The lowest BCUT2D eigenvalue weighted by Crippen LogP contribution is -2.21. The van der Waals surface area contributed by atoms with Gasteiger partial charge < -0.3 is 4.74 Å². The van der Waals surface area contributed by atoms with E-state index in [0.717, 1.165) is 11.6 Å². The molecule has 2 rings (SSSR count). The SMILES string of the molecule is COC(=O)C(=O)[C@@H]1[C@H](c2ccc(Br)cc2)[C@H]1[N+](=O)[O-]. The first kappa shape index (κ1) is 13.7. The maximum atomic E-state index is 11.7. The Kier molecular flexibility index (Phi) is 3.66. The Bertz CT molecular complexity index is 542. The van der Waals surface area contributed by atoms with E-state index >= 15 is 0 Å². The summed E-state index contributed by atoms with van der Waals surface area (Å²) in [5.74, 6) is -3.35. The number of rotatable bonds is 4. The van der Waals surface area contributed by atoms with Crippen LogP contribution >= 0.6 is 15.9 Å². The van der Waals surface area contributed by atoms with Crippen LogP contribution in [0.1, 0.15) is 11.5 Å². The van der Waals surface area contributed by atoms with Crippen molar-refractivity contribution >= 4 is 27.7 Å². The van der Waals surface area contributed by atoms with E-state index in [1.54, 1.807) is 24.3 Å². The van der Waals surface area contributed by atoms with E-state index in [9.17, 15) is 19.7 Å². The molecule has 1 fully saturated rings. The van der Waals surface area contributed by atoms with Crippen LogP contribution in [0.3, 0.4) is 0 Å². The van der Waals surface area contributed by atoms with Crippen LogP contribution in [0.2, 0.25) is 0 Å². The molecule has 0 unspecified atom stereocenters.